The number of aryl methyl sites for hydroxylation is 1. The van der Waals surface area contributed by atoms with E-state index in [2.05, 4.69) is 0 Å². The highest BCUT2D eigenvalue weighted by molar-refractivity contribution is 8.00. The molecule has 5 nitrogen and oxygen atoms in total. The van der Waals surface area contributed by atoms with Crippen LogP contribution in [0.3, 0.4) is 0 Å². The number of sulfonamides is 1. The van der Waals surface area contributed by atoms with Gasteiger partial charge in [0.05, 0.1) is 5.75 Å². The van der Waals surface area contributed by atoms with Crippen molar-refractivity contribution in [1.82, 2.24) is 9.21 Å². The lowest BCUT2D eigenvalue weighted by molar-refractivity contribution is -0.129. The lowest BCUT2D eigenvalue weighted by Crippen LogP contribution is -2.50. The Balaban J connectivity index is 1.49. The molecule has 1 fully saturated rings. The molecule has 0 atom stereocenters. The zero-order chi connectivity index (χ0) is 20.0. The van der Waals surface area contributed by atoms with E-state index < -0.39 is 10.0 Å². The lowest BCUT2D eigenvalue weighted by atomic mass is 10.2. The summed E-state index contributed by atoms with van der Waals surface area (Å²) in [5.41, 5.74) is 2.03. The number of hydrogen-bond acceptors (Lipinski definition) is 4. The smallest absolute Gasteiger partial charge is 0.236 e. The van der Waals surface area contributed by atoms with Crippen LogP contribution in [0.15, 0.2) is 64.9 Å². The summed E-state index contributed by atoms with van der Waals surface area (Å²) in [6.07, 6.45) is 1.60. The van der Waals surface area contributed by atoms with Gasteiger partial charge in [-0.25, -0.2) is 8.42 Å². The van der Waals surface area contributed by atoms with Gasteiger partial charge in [0.2, 0.25) is 15.9 Å². The van der Waals surface area contributed by atoms with Crippen LogP contribution in [0.25, 0.3) is 6.08 Å². The first kappa shape index (κ1) is 20.6. The molecule has 0 N–H and O–H groups in total. The molecule has 0 radical (unpaired) electrons. The number of amides is 1. The topological polar surface area (TPSA) is 57.7 Å². The van der Waals surface area contributed by atoms with Crippen molar-refractivity contribution in [3.8, 4) is 0 Å². The number of benzene rings is 2. The second kappa shape index (κ2) is 9.41. The maximum atomic E-state index is 12.5. The van der Waals surface area contributed by atoms with Gasteiger partial charge < -0.3 is 4.90 Å². The summed E-state index contributed by atoms with van der Waals surface area (Å²) in [6, 6.07) is 17.4. The molecule has 0 spiro atoms. The Bertz CT molecular complexity index is 918. The van der Waals surface area contributed by atoms with E-state index in [0.717, 1.165) is 10.5 Å². The zero-order valence-corrected chi connectivity index (χ0v) is 17.5. The molecule has 1 saturated heterocycles. The van der Waals surface area contributed by atoms with Crippen LogP contribution in [0.2, 0.25) is 0 Å². The van der Waals surface area contributed by atoms with E-state index in [1.165, 1.54) is 27.0 Å². The second-order valence-electron chi connectivity index (χ2n) is 6.64. The third kappa shape index (κ3) is 5.70. The van der Waals surface area contributed by atoms with E-state index in [4.69, 9.17) is 0 Å². The van der Waals surface area contributed by atoms with Crippen molar-refractivity contribution in [2.75, 3.05) is 31.9 Å². The minimum absolute atomic E-state index is 0.0439. The summed E-state index contributed by atoms with van der Waals surface area (Å²) < 4.78 is 26.4. The van der Waals surface area contributed by atoms with Crippen molar-refractivity contribution in [1.29, 1.82) is 0 Å². The molecule has 28 heavy (non-hydrogen) atoms. The number of rotatable bonds is 6. The molecule has 0 aromatic heterocycles. The summed E-state index contributed by atoms with van der Waals surface area (Å²) in [4.78, 5) is 15.2. The minimum Gasteiger partial charge on any atom is -0.339 e. The first-order valence-electron chi connectivity index (χ1n) is 9.14. The van der Waals surface area contributed by atoms with Crippen LogP contribution >= 0.6 is 11.8 Å². The second-order valence-corrected chi connectivity index (χ2v) is 9.51. The third-order valence-corrected chi connectivity index (χ3v) is 7.13. The fourth-order valence-electron chi connectivity index (χ4n) is 2.88. The van der Waals surface area contributed by atoms with Crippen LogP contribution in [0, 0.1) is 6.92 Å². The van der Waals surface area contributed by atoms with Crippen molar-refractivity contribution < 1.29 is 13.2 Å². The average molecular weight is 417 g/mol. The molecule has 7 heteroatoms. The molecule has 2 aromatic carbocycles. The molecule has 0 aliphatic carbocycles. The maximum absolute atomic E-state index is 12.5. The van der Waals surface area contributed by atoms with Gasteiger partial charge in [0.25, 0.3) is 0 Å². The predicted octanol–water partition coefficient (Wildman–Crippen LogP) is 3.23. The van der Waals surface area contributed by atoms with E-state index in [1.54, 1.807) is 11.0 Å². The van der Waals surface area contributed by atoms with Crippen molar-refractivity contribution >= 4 is 33.8 Å². The number of nitrogens with zero attached hydrogens (tertiary/aromatic N) is 2. The Morgan fingerprint density at radius 1 is 1.00 bits per heavy atom. The van der Waals surface area contributed by atoms with Gasteiger partial charge >= 0.3 is 0 Å². The molecule has 3 rings (SSSR count). The van der Waals surface area contributed by atoms with E-state index in [0.29, 0.717) is 31.9 Å². The van der Waals surface area contributed by atoms with Crippen LogP contribution < -0.4 is 0 Å². The van der Waals surface area contributed by atoms with Gasteiger partial charge in [-0.05, 0) is 30.7 Å². The summed E-state index contributed by atoms with van der Waals surface area (Å²) in [6.45, 7) is 3.52. The Hall–Kier alpha value is -2.09. The van der Waals surface area contributed by atoms with Gasteiger partial charge in [-0.15, -0.1) is 11.8 Å². The van der Waals surface area contributed by atoms with E-state index in [9.17, 15) is 13.2 Å². The zero-order valence-electron chi connectivity index (χ0n) is 15.8. The van der Waals surface area contributed by atoms with Crippen LogP contribution in [0.5, 0.6) is 0 Å². The maximum Gasteiger partial charge on any atom is 0.236 e. The molecule has 148 valence electrons. The van der Waals surface area contributed by atoms with Crippen molar-refractivity contribution in [2.45, 2.75) is 11.8 Å². The van der Waals surface area contributed by atoms with Crippen LogP contribution in [-0.4, -0.2) is 55.5 Å². The van der Waals surface area contributed by atoms with Gasteiger partial charge in [0.15, 0.2) is 0 Å². The number of hydrogen-bond donors (Lipinski definition) is 0. The molecule has 2 aromatic rings. The lowest BCUT2D eigenvalue weighted by Gasteiger charge is -2.33. The van der Waals surface area contributed by atoms with Crippen molar-refractivity contribution in [3.05, 3.63) is 71.1 Å². The van der Waals surface area contributed by atoms with Gasteiger partial charge in [-0.3, -0.25) is 4.79 Å². The van der Waals surface area contributed by atoms with Crippen molar-refractivity contribution in [3.63, 3.8) is 0 Å². The number of thioether (sulfide) groups is 1. The SMILES string of the molecule is Cc1ccc(SCC(=O)N2CCN(S(=O)(=O)/C=C/c3ccccc3)CC2)cc1. The largest absolute Gasteiger partial charge is 0.339 e. The van der Waals surface area contributed by atoms with Crippen LogP contribution in [0.1, 0.15) is 11.1 Å². The molecule has 1 amide bonds. The standard InChI is InChI=1S/C21H24N2O3S2/c1-18-7-9-20(10-8-18)27-17-21(24)22-12-14-23(15-13-22)28(25,26)16-11-19-5-3-2-4-6-19/h2-11,16H,12-15,17H2,1H3/b16-11+. The monoisotopic (exact) mass is 416 g/mol. The van der Waals surface area contributed by atoms with E-state index in [1.807, 2.05) is 61.5 Å². The predicted molar refractivity (Wildman–Crippen MR) is 114 cm³/mol. The number of carbonyl (C=O) groups is 1. The number of piperazine rings is 1. The Morgan fingerprint density at radius 2 is 1.64 bits per heavy atom. The first-order valence-corrected chi connectivity index (χ1v) is 11.6. The Kier molecular flexibility index (Phi) is 6.93. The van der Waals surface area contributed by atoms with Gasteiger partial charge in [-0.1, -0.05) is 48.0 Å². The minimum atomic E-state index is -3.48. The molecule has 0 unspecified atom stereocenters. The van der Waals surface area contributed by atoms with E-state index >= 15 is 0 Å². The molecular formula is C21H24N2O3S2. The van der Waals surface area contributed by atoms with E-state index in [-0.39, 0.29) is 5.91 Å². The number of carbonyl (C=O) groups excluding carboxylic acids is 1. The summed E-state index contributed by atoms with van der Waals surface area (Å²) in [5, 5.41) is 1.24. The average Bonchev–Trinajstić information content (AvgIpc) is 2.72. The first-order chi connectivity index (χ1) is 13.4. The highest BCUT2D eigenvalue weighted by Crippen LogP contribution is 2.19. The molecule has 0 saturated carbocycles. The van der Waals surface area contributed by atoms with Gasteiger partial charge in [-0.2, -0.15) is 4.31 Å². The highest BCUT2D eigenvalue weighted by atomic mass is 32.2. The molecule has 0 bridgehead atoms. The van der Waals surface area contributed by atoms with Crippen LogP contribution in [0.4, 0.5) is 0 Å². The molecule has 1 aliphatic rings. The van der Waals surface area contributed by atoms with Crippen molar-refractivity contribution in [2.24, 2.45) is 0 Å². The summed E-state index contributed by atoms with van der Waals surface area (Å²) in [5.74, 6) is 0.409. The quantitative estimate of drug-likeness (QED) is 0.679. The third-order valence-electron chi connectivity index (χ3n) is 4.57. The van der Waals surface area contributed by atoms with Gasteiger partial charge in [0.1, 0.15) is 0 Å². The Morgan fingerprint density at radius 3 is 2.29 bits per heavy atom. The highest BCUT2D eigenvalue weighted by Gasteiger charge is 2.27. The normalized spacial score (nSPS) is 15.8. The molecular weight excluding hydrogens is 392 g/mol. The Labute approximate surface area is 171 Å². The summed E-state index contributed by atoms with van der Waals surface area (Å²) in [7, 11) is -3.48. The molecule has 1 heterocycles. The summed E-state index contributed by atoms with van der Waals surface area (Å²) >= 11 is 1.51. The van der Waals surface area contributed by atoms with Gasteiger partial charge in [0, 0.05) is 36.5 Å². The van der Waals surface area contributed by atoms with Crippen LogP contribution in [-0.2, 0) is 14.8 Å². The fourth-order valence-corrected chi connectivity index (χ4v) is 4.85. The molecule has 1 aliphatic heterocycles. The fraction of sp³-hybridized carbons (Fsp3) is 0.286.